The molecule has 15 heavy (non-hydrogen) atoms. The van der Waals surface area contributed by atoms with Crippen molar-refractivity contribution in [3.63, 3.8) is 0 Å². The summed E-state index contributed by atoms with van der Waals surface area (Å²) in [6.45, 7) is 7.69. The van der Waals surface area contributed by atoms with Crippen LogP contribution < -0.4 is 0 Å². The van der Waals surface area contributed by atoms with E-state index in [0.717, 1.165) is 19.3 Å². The Hall–Kier alpha value is -0.370. The Kier molecular flexibility index (Phi) is 4.78. The summed E-state index contributed by atoms with van der Waals surface area (Å²) in [4.78, 5) is 11.8. The Morgan fingerprint density at radius 2 is 1.93 bits per heavy atom. The number of rotatable bonds is 5. The van der Waals surface area contributed by atoms with Crippen LogP contribution in [0.5, 0.6) is 0 Å². The zero-order chi connectivity index (χ0) is 11.3. The van der Waals surface area contributed by atoms with E-state index in [1.807, 2.05) is 0 Å². The second kappa shape index (κ2) is 5.64. The van der Waals surface area contributed by atoms with E-state index >= 15 is 0 Å². The molecule has 0 amide bonds. The molecule has 0 unspecified atom stereocenters. The van der Waals surface area contributed by atoms with Crippen LogP contribution >= 0.6 is 0 Å². The van der Waals surface area contributed by atoms with Crippen LogP contribution in [0.1, 0.15) is 52.9 Å². The van der Waals surface area contributed by atoms with E-state index in [0.29, 0.717) is 24.4 Å². The number of carbonyl (C=O) groups excluding carboxylic acids is 1. The van der Waals surface area contributed by atoms with Gasteiger partial charge in [0.1, 0.15) is 6.61 Å². The molecule has 0 bridgehead atoms. The third kappa shape index (κ3) is 4.33. The predicted octanol–water partition coefficient (Wildman–Crippen LogP) is 3.20. The quantitative estimate of drug-likeness (QED) is 0.654. The molecule has 0 aromatic rings. The molecule has 0 N–H and O–H groups in total. The van der Waals surface area contributed by atoms with Crippen molar-refractivity contribution in [3.05, 3.63) is 0 Å². The van der Waals surface area contributed by atoms with Crippen LogP contribution in [0.25, 0.3) is 0 Å². The average molecular weight is 212 g/mol. The largest absolute Gasteiger partial charge is 0.374 e. The fourth-order valence-corrected chi connectivity index (χ4v) is 2.16. The molecule has 1 aliphatic rings. The highest BCUT2D eigenvalue weighted by molar-refractivity contribution is 5.82. The van der Waals surface area contributed by atoms with Crippen LogP contribution in [0.15, 0.2) is 0 Å². The lowest BCUT2D eigenvalue weighted by molar-refractivity contribution is -0.129. The number of Topliss-reactive ketones (excluding diaryl/α,β-unsaturated/α-hetero) is 1. The average Bonchev–Trinajstić information content (AvgIpc) is 2.18. The number of hydrogen-bond donors (Lipinski definition) is 0. The van der Waals surface area contributed by atoms with Gasteiger partial charge in [-0.2, -0.15) is 0 Å². The van der Waals surface area contributed by atoms with Crippen molar-refractivity contribution in [2.24, 2.45) is 11.3 Å². The van der Waals surface area contributed by atoms with Crippen LogP contribution in [0.3, 0.4) is 0 Å². The third-order valence-electron chi connectivity index (χ3n) is 3.39. The van der Waals surface area contributed by atoms with Crippen LogP contribution in [0.2, 0.25) is 0 Å². The van der Waals surface area contributed by atoms with Gasteiger partial charge in [-0.15, -0.1) is 0 Å². The van der Waals surface area contributed by atoms with Gasteiger partial charge in [-0.05, 0) is 37.5 Å². The van der Waals surface area contributed by atoms with Gasteiger partial charge >= 0.3 is 0 Å². The summed E-state index contributed by atoms with van der Waals surface area (Å²) in [5, 5.41) is 0. The molecule has 1 aliphatic carbocycles. The number of ether oxygens (including phenoxy) is 1. The monoisotopic (exact) mass is 212 g/mol. The van der Waals surface area contributed by atoms with Crippen molar-refractivity contribution >= 4 is 5.78 Å². The van der Waals surface area contributed by atoms with Crippen LogP contribution in [0, 0.1) is 11.3 Å². The van der Waals surface area contributed by atoms with Crippen molar-refractivity contribution in [3.8, 4) is 0 Å². The number of hydrogen-bond acceptors (Lipinski definition) is 2. The van der Waals surface area contributed by atoms with E-state index in [1.54, 1.807) is 0 Å². The van der Waals surface area contributed by atoms with Crippen molar-refractivity contribution < 1.29 is 9.53 Å². The Morgan fingerprint density at radius 3 is 2.47 bits per heavy atom. The first-order valence-corrected chi connectivity index (χ1v) is 6.15. The van der Waals surface area contributed by atoms with E-state index < -0.39 is 0 Å². The fourth-order valence-electron chi connectivity index (χ4n) is 2.16. The smallest absolute Gasteiger partial charge is 0.161 e. The zero-order valence-corrected chi connectivity index (χ0v) is 10.3. The van der Waals surface area contributed by atoms with E-state index in [4.69, 9.17) is 4.74 Å². The van der Waals surface area contributed by atoms with Crippen LogP contribution in [-0.2, 0) is 9.53 Å². The van der Waals surface area contributed by atoms with E-state index in [9.17, 15) is 4.79 Å². The topological polar surface area (TPSA) is 26.3 Å². The SMILES string of the molecule is CCCOCC(=O)C1CCC(C)(C)CC1. The summed E-state index contributed by atoms with van der Waals surface area (Å²) in [7, 11) is 0. The highest BCUT2D eigenvalue weighted by Gasteiger charge is 2.30. The standard InChI is InChI=1S/C13H24O2/c1-4-9-15-10-12(14)11-5-7-13(2,3)8-6-11/h11H,4-10H2,1-3H3. The summed E-state index contributed by atoms with van der Waals surface area (Å²) >= 11 is 0. The molecule has 0 aromatic carbocycles. The van der Waals surface area contributed by atoms with Gasteiger partial charge < -0.3 is 4.74 Å². The number of carbonyl (C=O) groups is 1. The summed E-state index contributed by atoms with van der Waals surface area (Å²) in [6.07, 6.45) is 5.46. The lowest BCUT2D eigenvalue weighted by atomic mass is 9.72. The molecular weight excluding hydrogens is 188 g/mol. The van der Waals surface area contributed by atoms with Gasteiger partial charge in [0.25, 0.3) is 0 Å². The summed E-state index contributed by atoms with van der Waals surface area (Å²) < 4.78 is 5.30. The molecule has 0 heterocycles. The molecule has 0 aliphatic heterocycles. The molecule has 0 spiro atoms. The molecule has 88 valence electrons. The molecule has 2 nitrogen and oxygen atoms in total. The minimum Gasteiger partial charge on any atom is -0.374 e. The van der Waals surface area contributed by atoms with Crippen molar-refractivity contribution in [2.75, 3.05) is 13.2 Å². The van der Waals surface area contributed by atoms with Gasteiger partial charge in [0.15, 0.2) is 5.78 Å². The molecule has 2 heteroatoms. The lowest BCUT2D eigenvalue weighted by Gasteiger charge is -2.33. The Balaban J connectivity index is 2.24. The van der Waals surface area contributed by atoms with Crippen LogP contribution in [0.4, 0.5) is 0 Å². The Labute approximate surface area is 93.4 Å². The molecule has 1 fully saturated rings. The van der Waals surface area contributed by atoms with Crippen molar-refractivity contribution in [1.82, 2.24) is 0 Å². The summed E-state index contributed by atoms with van der Waals surface area (Å²) in [5.41, 5.74) is 0.445. The van der Waals surface area contributed by atoms with Gasteiger partial charge in [0.05, 0.1) is 0 Å². The normalized spacial score (nSPS) is 21.5. The van der Waals surface area contributed by atoms with E-state index in [2.05, 4.69) is 20.8 Å². The first-order valence-electron chi connectivity index (χ1n) is 6.15. The second-order valence-corrected chi connectivity index (χ2v) is 5.46. The minimum atomic E-state index is 0.273. The zero-order valence-electron chi connectivity index (χ0n) is 10.3. The van der Waals surface area contributed by atoms with E-state index in [1.165, 1.54) is 12.8 Å². The summed E-state index contributed by atoms with van der Waals surface area (Å²) in [5.74, 6) is 0.592. The van der Waals surface area contributed by atoms with Gasteiger partial charge in [-0.1, -0.05) is 20.8 Å². The third-order valence-corrected chi connectivity index (χ3v) is 3.39. The highest BCUT2D eigenvalue weighted by Crippen LogP contribution is 2.38. The maximum absolute atomic E-state index is 11.8. The Bertz CT molecular complexity index is 199. The minimum absolute atomic E-state index is 0.273. The van der Waals surface area contributed by atoms with Crippen molar-refractivity contribution in [2.45, 2.75) is 52.9 Å². The Morgan fingerprint density at radius 1 is 1.33 bits per heavy atom. The maximum Gasteiger partial charge on any atom is 0.161 e. The van der Waals surface area contributed by atoms with E-state index in [-0.39, 0.29) is 5.92 Å². The second-order valence-electron chi connectivity index (χ2n) is 5.46. The molecule has 0 saturated heterocycles. The predicted molar refractivity (Wildman–Crippen MR) is 61.9 cm³/mol. The molecule has 1 rings (SSSR count). The molecule has 0 atom stereocenters. The molecule has 0 aromatic heterocycles. The first-order chi connectivity index (χ1) is 7.05. The summed E-state index contributed by atoms with van der Waals surface area (Å²) in [6, 6.07) is 0. The van der Waals surface area contributed by atoms with Crippen molar-refractivity contribution in [1.29, 1.82) is 0 Å². The maximum atomic E-state index is 11.8. The van der Waals surface area contributed by atoms with Gasteiger partial charge in [0.2, 0.25) is 0 Å². The molecule has 0 radical (unpaired) electrons. The van der Waals surface area contributed by atoms with Gasteiger partial charge in [-0.25, -0.2) is 0 Å². The number of ketones is 1. The first kappa shape index (κ1) is 12.7. The van der Waals surface area contributed by atoms with Crippen LogP contribution in [-0.4, -0.2) is 19.0 Å². The lowest BCUT2D eigenvalue weighted by Crippen LogP contribution is -2.28. The van der Waals surface area contributed by atoms with Gasteiger partial charge in [0, 0.05) is 12.5 Å². The fraction of sp³-hybridized carbons (Fsp3) is 0.923. The highest BCUT2D eigenvalue weighted by atomic mass is 16.5. The molecular formula is C13H24O2. The molecule has 1 saturated carbocycles. The van der Waals surface area contributed by atoms with Gasteiger partial charge in [-0.3, -0.25) is 4.79 Å².